The summed E-state index contributed by atoms with van der Waals surface area (Å²) >= 11 is 0. The van der Waals surface area contributed by atoms with Crippen molar-refractivity contribution in [2.24, 2.45) is 0 Å². The number of phenolic OH excluding ortho intramolecular Hbond substituents is 1. The molecule has 3 aromatic rings. The van der Waals surface area contributed by atoms with Gasteiger partial charge in [0.2, 0.25) is 0 Å². The van der Waals surface area contributed by atoms with Crippen LogP contribution in [-0.2, 0) is 0 Å². The van der Waals surface area contributed by atoms with Gasteiger partial charge in [-0.05, 0) is 43.2 Å². The van der Waals surface area contributed by atoms with Crippen molar-refractivity contribution in [2.75, 3.05) is 0 Å². The molecule has 100 valence electrons. The standard InChI is InChI=1S/C16H13NO3/c1-8-3-4-9(2)14-11(8)7-12-13(18)6-5-10(16(19)20)15(12)17-14/h3-7,18H,1-2H3,(H,19,20). The number of benzene rings is 2. The Morgan fingerprint density at radius 3 is 2.40 bits per heavy atom. The van der Waals surface area contributed by atoms with Crippen molar-refractivity contribution in [3.63, 3.8) is 0 Å². The van der Waals surface area contributed by atoms with Gasteiger partial charge in [-0.2, -0.15) is 0 Å². The van der Waals surface area contributed by atoms with E-state index in [0.717, 1.165) is 22.0 Å². The highest BCUT2D eigenvalue weighted by atomic mass is 16.4. The fraction of sp³-hybridized carbons (Fsp3) is 0.125. The molecule has 0 fully saturated rings. The lowest BCUT2D eigenvalue weighted by atomic mass is 10.0. The van der Waals surface area contributed by atoms with Gasteiger partial charge in [0.05, 0.1) is 16.6 Å². The summed E-state index contributed by atoms with van der Waals surface area (Å²) in [5.41, 5.74) is 3.21. The summed E-state index contributed by atoms with van der Waals surface area (Å²) in [6.07, 6.45) is 0. The number of nitrogens with zero attached hydrogens (tertiary/aromatic N) is 1. The Labute approximate surface area is 115 Å². The summed E-state index contributed by atoms with van der Waals surface area (Å²) in [5.74, 6) is -1.01. The van der Waals surface area contributed by atoms with Crippen molar-refractivity contribution < 1.29 is 15.0 Å². The third kappa shape index (κ3) is 1.69. The Balaban J connectivity index is 2.57. The first-order chi connectivity index (χ1) is 9.49. The lowest BCUT2D eigenvalue weighted by Gasteiger charge is -2.09. The van der Waals surface area contributed by atoms with E-state index in [2.05, 4.69) is 4.98 Å². The van der Waals surface area contributed by atoms with Crippen molar-refractivity contribution in [2.45, 2.75) is 13.8 Å². The number of carbonyl (C=O) groups is 1. The molecule has 0 unspecified atom stereocenters. The second-order valence-electron chi connectivity index (χ2n) is 4.92. The summed E-state index contributed by atoms with van der Waals surface area (Å²) < 4.78 is 0. The molecule has 0 aliphatic rings. The molecule has 4 heteroatoms. The number of rotatable bonds is 1. The molecule has 2 N–H and O–H groups in total. The Kier molecular flexibility index (Phi) is 2.61. The highest BCUT2D eigenvalue weighted by molar-refractivity contribution is 6.07. The number of pyridine rings is 1. The molecule has 20 heavy (non-hydrogen) atoms. The number of hydrogen-bond acceptors (Lipinski definition) is 3. The third-order valence-corrected chi connectivity index (χ3v) is 3.57. The summed E-state index contributed by atoms with van der Waals surface area (Å²) in [7, 11) is 0. The van der Waals surface area contributed by atoms with E-state index >= 15 is 0 Å². The van der Waals surface area contributed by atoms with Crippen LogP contribution in [0.1, 0.15) is 21.5 Å². The molecule has 3 rings (SSSR count). The summed E-state index contributed by atoms with van der Waals surface area (Å²) in [6, 6.07) is 8.53. The number of carboxylic acid groups (broad SMARTS) is 1. The van der Waals surface area contributed by atoms with E-state index in [-0.39, 0.29) is 11.3 Å². The lowest BCUT2D eigenvalue weighted by Crippen LogP contribution is -2.00. The Hall–Kier alpha value is -2.62. The molecule has 0 aliphatic carbocycles. The van der Waals surface area contributed by atoms with Gasteiger partial charge >= 0.3 is 5.97 Å². The van der Waals surface area contributed by atoms with Crippen LogP contribution < -0.4 is 0 Å². The largest absolute Gasteiger partial charge is 0.507 e. The van der Waals surface area contributed by atoms with E-state index in [1.807, 2.05) is 32.0 Å². The van der Waals surface area contributed by atoms with Gasteiger partial charge in [0.25, 0.3) is 0 Å². The Bertz CT molecular complexity index is 869. The van der Waals surface area contributed by atoms with E-state index in [9.17, 15) is 15.0 Å². The van der Waals surface area contributed by atoms with Crippen molar-refractivity contribution in [3.05, 3.63) is 47.0 Å². The van der Waals surface area contributed by atoms with Crippen molar-refractivity contribution in [3.8, 4) is 5.75 Å². The van der Waals surface area contributed by atoms with Crippen molar-refractivity contribution in [1.82, 2.24) is 4.98 Å². The topological polar surface area (TPSA) is 70.4 Å². The average molecular weight is 267 g/mol. The van der Waals surface area contributed by atoms with E-state index in [1.165, 1.54) is 12.1 Å². The molecule has 0 amide bonds. The van der Waals surface area contributed by atoms with Gasteiger partial charge in [-0.15, -0.1) is 0 Å². The van der Waals surface area contributed by atoms with E-state index < -0.39 is 5.97 Å². The van der Waals surface area contributed by atoms with Crippen LogP contribution in [0.4, 0.5) is 0 Å². The van der Waals surface area contributed by atoms with E-state index in [4.69, 9.17) is 0 Å². The smallest absolute Gasteiger partial charge is 0.337 e. The quantitative estimate of drug-likeness (QED) is 0.663. The van der Waals surface area contributed by atoms with E-state index in [0.29, 0.717) is 10.9 Å². The van der Waals surface area contributed by atoms with Gasteiger partial charge in [0.1, 0.15) is 5.75 Å². The maximum Gasteiger partial charge on any atom is 0.337 e. The molecule has 2 aromatic carbocycles. The first-order valence-electron chi connectivity index (χ1n) is 6.25. The number of phenols is 1. The molecule has 0 saturated carbocycles. The maximum absolute atomic E-state index is 11.3. The van der Waals surface area contributed by atoms with Gasteiger partial charge in [-0.1, -0.05) is 12.1 Å². The van der Waals surface area contributed by atoms with Gasteiger partial charge < -0.3 is 10.2 Å². The SMILES string of the molecule is Cc1ccc(C)c2nc3c(C(=O)O)ccc(O)c3cc12. The minimum Gasteiger partial charge on any atom is -0.507 e. The highest BCUT2D eigenvalue weighted by Gasteiger charge is 2.14. The molecule has 0 aliphatic heterocycles. The summed E-state index contributed by atoms with van der Waals surface area (Å²) in [4.78, 5) is 15.8. The predicted molar refractivity (Wildman–Crippen MR) is 77.3 cm³/mol. The summed E-state index contributed by atoms with van der Waals surface area (Å²) in [5, 5.41) is 20.6. The maximum atomic E-state index is 11.3. The fourth-order valence-electron chi connectivity index (χ4n) is 2.44. The third-order valence-electron chi connectivity index (χ3n) is 3.57. The zero-order chi connectivity index (χ0) is 14.4. The number of carboxylic acids is 1. The monoisotopic (exact) mass is 267 g/mol. The molecule has 0 saturated heterocycles. The normalized spacial score (nSPS) is 11.1. The second-order valence-corrected chi connectivity index (χ2v) is 4.92. The minimum atomic E-state index is -1.05. The second kappa shape index (κ2) is 4.20. The lowest BCUT2D eigenvalue weighted by molar-refractivity contribution is 0.0699. The number of aryl methyl sites for hydroxylation is 2. The van der Waals surface area contributed by atoms with Crippen molar-refractivity contribution >= 4 is 27.8 Å². The van der Waals surface area contributed by atoms with Crippen LogP contribution in [0.3, 0.4) is 0 Å². The molecule has 0 radical (unpaired) electrons. The van der Waals surface area contributed by atoms with Gasteiger partial charge in [-0.25, -0.2) is 9.78 Å². The number of aromatic nitrogens is 1. The molecule has 1 heterocycles. The number of aromatic carboxylic acids is 1. The molecular weight excluding hydrogens is 254 g/mol. The number of aromatic hydroxyl groups is 1. The van der Waals surface area contributed by atoms with Crippen LogP contribution in [-0.4, -0.2) is 21.2 Å². The zero-order valence-corrected chi connectivity index (χ0v) is 11.1. The molecule has 0 atom stereocenters. The molecule has 4 nitrogen and oxygen atoms in total. The first-order valence-corrected chi connectivity index (χ1v) is 6.25. The van der Waals surface area contributed by atoms with Gasteiger partial charge in [0.15, 0.2) is 0 Å². The van der Waals surface area contributed by atoms with E-state index in [1.54, 1.807) is 0 Å². The fourth-order valence-corrected chi connectivity index (χ4v) is 2.44. The molecular formula is C16H13NO3. The zero-order valence-electron chi connectivity index (χ0n) is 11.1. The van der Waals surface area contributed by atoms with Gasteiger partial charge in [-0.3, -0.25) is 0 Å². The first kappa shape index (κ1) is 12.4. The molecule has 1 aromatic heterocycles. The highest BCUT2D eigenvalue weighted by Crippen LogP contribution is 2.31. The average Bonchev–Trinajstić information content (AvgIpc) is 2.42. The van der Waals surface area contributed by atoms with Gasteiger partial charge in [0, 0.05) is 10.8 Å². The van der Waals surface area contributed by atoms with Crippen LogP contribution in [0.15, 0.2) is 30.3 Å². The number of fused-ring (bicyclic) bond motifs is 2. The Morgan fingerprint density at radius 1 is 1.00 bits per heavy atom. The van der Waals surface area contributed by atoms with Crippen LogP contribution >= 0.6 is 0 Å². The number of hydrogen-bond donors (Lipinski definition) is 2. The predicted octanol–water partition coefficient (Wildman–Crippen LogP) is 3.41. The minimum absolute atomic E-state index is 0.0420. The molecule has 0 bridgehead atoms. The van der Waals surface area contributed by atoms with Crippen LogP contribution in [0.2, 0.25) is 0 Å². The van der Waals surface area contributed by atoms with Crippen molar-refractivity contribution in [1.29, 1.82) is 0 Å². The Morgan fingerprint density at radius 2 is 1.70 bits per heavy atom. The van der Waals surface area contributed by atoms with Crippen LogP contribution in [0.5, 0.6) is 5.75 Å². The van der Waals surface area contributed by atoms with Crippen LogP contribution in [0, 0.1) is 13.8 Å². The summed E-state index contributed by atoms with van der Waals surface area (Å²) in [6.45, 7) is 3.90. The van der Waals surface area contributed by atoms with Crippen LogP contribution in [0.25, 0.3) is 21.8 Å². The molecule has 0 spiro atoms.